The highest BCUT2D eigenvalue weighted by molar-refractivity contribution is 5.95. The van der Waals surface area contributed by atoms with Crippen LogP contribution in [0.1, 0.15) is 23.2 Å². The fourth-order valence-electron chi connectivity index (χ4n) is 3.11. The second-order valence-corrected chi connectivity index (χ2v) is 6.07. The molecule has 1 saturated heterocycles. The maximum atomic E-state index is 12.8. The van der Waals surface area contributed by atoms with Gasteiger partial charge in [-0.15, -0.1) is 0 Å². The molecule has 1 aromatic heterocycles. The number of piperidine rings is 1. The lowest BCUT2D eigenvalue weighted by Gasteiger charge is -2.32. The van der Waals surface area contributed by atoms with E-state index in [1.54, 1.807) is 38.6 Å². The summed E-state index contributed by atoms with van der Waals surface area (Å²) in [7, 11) is 3.17. The molecule has 0 saturated carbocycles. The van der Waals surface area contributed by atoms with Crippen LogP contribution in [0.25, 0.3) is 0 Å². The molecule has 0 aliphatic carbocycles. The maximum Gasteiger partial charge on any atom is 0.254 e. The summed E-state index contributed by atoms with van der Waals surface area (Å²) < 4.78 is 12.5. The summed E-state index contributed by atoms with van der Waals surface area (Å²) >= 11 is 0. The minimum Gasteiger partial charge on any atom is -0.497 e. The predicted molar refractivity (Wildman–Crippen MR) is 90.4 cm³/mol. The normalized spacial score (nSPS) is 15.3. The van der Waals surface area contributed by atoms with Crippen LogP contribution in [-0.4, -0.2) is 47.9 Å². The summed E-state index contributed by atoms with van der Waals surface area (Å²) in [6, 6.07) is 7.24. The molecule has 128 valence electrons. The van der Waals surface area contributed by atoms with Gasteiger partial charge in [-0.2, -0.15) is 5.10 Å². The third kappa shape index (κ3) is 3.69. The molecule has 0 N–H and O–H groups in total. The highest BCUT2D eigenvalue weighted by Crippen LogP contribution is 2.25. The first-order valence-electron chi connectivity index (χ1n) is 8.19. The van der Waals surface area contributed by atoms with E-state index in [1.807, 2.05) is 21.8 Å². The third-order valence-electron chi connectivity index (χ3n) is 4.50. The molecule has 1 amide bonds. The summed E-state index contributed by atoms with van der Waals surface area (Å²) in [6.07, 6.45) is 5.77. The summed E-state index contributed by atoms with van der Waals surface area (Å²) in [5, 5.41) is 4.26. The SMILES string of the molecule is COc1cc(OC)cc(C(=O)N2CCC(Cn3cccn3)CC2)c1. The second kappa shape index (κ2) is 7.38. The van der Waals surface area contributed by atoms with E-state index in [0.717, 1.165) is 32.5 Å². The number of hydrogen-bond acceptors (Lipinski definition) is 4. The molecule has 1 fully saturated rings. The first kappa shape index (κ1) is 16.4. The average Bonchev–Trinajstić information content (AvgIpc) is 3.14. The number of carbonyl (C=O) groups is 1. The van der Waals surface area contributed by atoms with Crippen molar-refractivity contribution in [1.29, 1.82) is 0 Å². The quantitative estimate of drug-likeness (QED) is 0.845. The molecule has 0 unspecified atom stereocenters. The third-order valence-corrected chi connectivity index (χ3v) is 4.50. The van der Waals surface area contributed by atoms with Gasteiger partial charge < -0.3 is 14.4 Å². The van der Waals surface area contributed by atoms with E-state index in [2.05, 4.69) is 5.10 Å². The number of methoxy groups -OCH3 is 2. The lowest BCUT2D eigenvalue weighted by atomic mass is 9.96. The van der Waals surface area contributed by atoms with Gasteiger partial charge >= 0.3 is 0 Å². The van der Waals surface area contributed by atoms with Gasteiger partial charge in [-0.05, 0) is 37.0 Å². The Morgan fingerprint density at radius 3 is 2.38 bits per heavy atom. The fraction of sp³-hybridized carbons (Fsp3) is 0.444. The molecular weight excluding hydrogens is 306 g/mol. The van der Waals surface area contributed by atoms with Crippen LogP contribution in [0.3, 0.4) is 0 Å². The topological polar surface area (TPSA) is 56.6 Å². The van der Waals surface area contributed by atoms with Crippen LogP contribution >= 0.6 is 0 Å². The average molecular weight is 329 g/mol. The number of aromatic nitrogens is 2. The molecule has 1 aromatic carbocycles. The van der Waals surface area contributed by atoms with E-state index in [4.69, 9.17) is 9.47 Å². The van der Waals surface area contributed by atoms with Crippen LogP contribution in [0.4, 0.5) is 0 Å². The van der Waals surface area contributed by atoms with Crippen molar-refractivity contribution in [2.24, 2.45) is 5.92 Å². The van der Waals surface area contributed by atoms with Crippen molar-refractivity contribution in [3.05, 3.63) is 42.2 Å². The summed E-state index contributed by atoms with van der Waals surface area (Å²) in [5.74, 6) is 1.86. The Labute approximate surface area is 142 Å². The van der Waals surface area contributed by atoms with Crippen molar-refractivity contribution < 1.29 is 14.3 Å². The lowest BCUT2D eigenvalue weighted by Crippen LogP contribution is -2.39. The van der Waals surface area contributed by atoms with E-state index < -0.39 is 0 Å². The van der Waals surface area contributed by atoms with Crippen molar-refractivity contribution in [1.82, 2.24) is 14.7 Å². The molecule has 0 bridgehead atoms. The van der Waals surface area contributed by atoms with Crippen molar-refractivity contribution in [2.45, 2.75) is 19.4 Å². The van der Waals surface area contributed by atoms with Gasteiger partial charge in [0, 0.05) is 43.7 Å². The van der Waals surface area contributed by atoms with Crippen LogP contribution in [0.5, 0.6) is 11.5 Å². The summed E-state index contributed by atoms with van der Waals surface area (Å²) in [5.41, 5.74) is 0.608. The monoisotopic (exact) mass is 329 g/mol. The second-order valence-electron chi connectivity index (χ2n) is 6.07. The van der Waals surface area contributed by atoms with Crippen LogP contribution in [-0.2, 0) is 6.54 Å². The highest BCUT2D eigenvalue weighted by Gasteiger charge is 2.24. The minimum atomic E-state index is 0.0322. The van der Waals surface area contributed by atoms with Gasteiger partial charge in [-0.3, -0.25) is 9.48 Å². The number of nitrogens with zero attached hydrogens (tertiary/aromatic N) is 3. The van der Waals surface area contributed by atoms with Crippen LogP contribution < -0.4 is 9.47 Å². The zero-order valence-electron chi connectivity index (χ0n) is 14.1. The molecule has 1 aliphatic rings. The minimum absolute atomic E-state index is 0.0322. The van der Waals surface area contributed by atoms with Gasteiger partial charge in [-0.25, -0.2) is 0 Å². The number of likely N-dealkylation sites (tertiary alicyclic amines) is 1. The van der Waals surface area contributed by atoms with E-state index in [-0.39, 0.29) is 5.91 Å². The zero-order valence-corrected chi connectivity index (χ0v) is 14.1. The Bertz CT molecular complexity index is 655. The van der Waals surface area contributed by atoms with Crippen LogP contribution in [0, 0.1) is 5.92 Å². The number of benzene rings is 1. The molecule has 3 rings (SSSR count). The van der Waals surface area contributed by atoms with Crippen LogP contribution in [0.2, 0.25) is 0 Å². The lowest BCUT2D eigenvalue weighted by molar-refractivity contribution is 0.0680. The van der Waals surface area contributed by atoms with Crippen molar-refractivity contribution >= 4 is 5.91 Å². The van der Waals surface area contributed by atoms with Gasteiger partial charge in [0.25, 0.3) is 5.91 Å². The Hall–Kier alpha value is -2.50. The largest absolute Gasteiger partial charge is 0.497 e. The molecule has 0 spiro atoms. The number of carbonyl (C=O) groups excluding carboxylic acids is 1. The number of hydrogen-bond donors (Lipinski definition) is 0. The first-order valence-corrected chi connectivity index (χ1v) is 8.19. The molecular formula is C18H23N3O3. The fourth-order valence-corrected chi connectivity index (χ4v) is 3.11. The van der Waals surface area contributed by atoms with Crippen molar-refractivity contribution in [3.8, 4) is 11.5 Å². The van der Waals surface area contributed by atoms with Crippen molar-refractivity contribution in [3.63, 3.8) is 0 Å². The molecule has 2 heterocycles. The van der Waals surface area contributed by atoms with Gasteiger partial charge in [-0.1, -0.05) is 0 Å². The Balaban J connectivity index is 1.62. The molecule has 24 heavy (non-hydrogen) atoms. The molecule has 0 radical (unpaired) electrons. The van der Waals surface area contributed by atoms with E-state index in [9.17, 15) is 4.79 Å². The Morgan fingerprint density at radius 1 is 1.17 bits per heavy atom. The maximum absolute atomic E-state index is 12.8. The molecule has 2 aromatic rings. The van der Waals surface area contributed by atoms with E-state index >= 15 is 0 Å². The number of ether oxygens (including phenoxy) is 2. The molecule has 6 heteroatoms. The first-order chi connectivity index (χ1) is 11.7. The highest BCUT2D eigenvalue weighted by atomic mass is 16.5. The van der Waals surface area contributed by atoms with Gasteiger partial charge in [0.15, 0.2) is 0 Å². The van der Waals surface area contributed by atoms with E-state index in [1.165, 1.54) is 0 Å². The Kier molecular flexibility index (Phi) is 5.03. The van der Waals surface area contributed by atoms with E-state index in [0.29, 0.717) is 23.0 Å². The van der Waals surface area contributed by atoms with Crippen LogP contribution in [0.15, 0.2) is 36.7 Å². The van der Waals surface area contributed by atoms with Gasteiger partial charge in [0.1, 0.15) is 11.5 Å². The molecule has 6 nitrogen and oxygen atoms in total. The number of amides is 1. The summed E-state index contributed by atoms with van der Waals surface area (Å²) in [6.45, 7) is 2.45. The molecule has 1 aliphatic heterocycles. The number of rotatable bonds is 5. The summed E-state index contributed by atoms with van der Waals surface area (Å²) in [4.78, 5) is 14.7. The molecule has 0 atom stereocenters. The van der Waals surface area contributed by atoms with Gasteiger partial charge in [0.2, 0.25) is 0 Å². The standard InChI is InChI=1S/C18H23N3O3/c1-23-16-10-15(11-17(12-16)24-2)18(22)20-8-4-14(5-9-20)13-21-7-3-6-19-21/h3,6-7,10-12,14H,4-5,8-9,13H2,1-2H3. The zero-order chi connectivity index (χ0) is 16.9. The Morgan fingerprint density at radius 2 is 1.83 bits per heavy atom. The predicted octanol–water partition coefficient (Wildman–Crippen LogP) is 2.45. The smallest absolute Gasteiger partial charge is 0.254 e. The van der Waals surface area contributed by atoms with Gasteiger partial charge in [0.05, 0.1) is 14.2 Å². The van der Waals surface area contributed by atoms with Crippen molar-refractivity contribution in [2.75, 3.05) is 27.3 Å².